The van der Waals surface area contributed by atoms with Crippen molar-refractivity contribution in [3.8, 4) is 0 Å². The van der Waals surface area contributed by atoms with Crippen LogP contribution in [0.3, 0.4) is 0 Å². The Morgan fingerprint density at radius 3 is 2.65 bits per heavy atom. The van der Waals surface area contributed by atoms with Gasteiger partial charge in [0, 0.05) is 13.1 Å². The molecular formula is C13H18Cl2N4O. The Morgan fingerprint density at radius 1 is 1.45 bits per heavy atom. The molecule has 0 aliphatic heterocycles. The Bertz CT molecular complexity index is 503. The first kappa shape index (κ1) is 15.2. The summed E-state index contributed by atoms with van der Waals surface area (Å²) in [6, 6.07) is 1.89. The molecule has 0 unspecified atom stereocenters. The zero-order valence-corrected chi connectivity index (χ0v) is 12.8. The first-order valence-corrected chi connectivity index (χ1v) is 7.37. The molecule has 3 N–H and O–H groups in total. The minimum atomic E-state index is -0.393. The predicted molar refractivity (Wildman–Crippen MR) is 82.6 cm³/mol. The lowest BCUT2D eigenvalue weighted by molar-refractivity contribution is -0.116. The van der Waals surface area contributed by atoms with Crippen LogP contribution in [0.2, 0.25) is 10.0 Å². The van der Waals surface area contributed by atoms with Crippen molar-refractivity contribution < 1.29 is 4.79 Å². The minimum Gasteiger partial charge on any atom is -0.372 e. The fourth-order valence-electron chi connectivity index (χ4n) is 2.59. The Labute approximate surface area is 128 Å². The number of amides is 1. The third-order valence-corrected chi connectivity index (χ3v) is 4.08. The molecule has 1 amide bonds. The average Bonchev–Trinajstić information content (AvgIpc) is 2.90. The molecular weight excluding hydrogens is 299 g/mol. The Morgan fingerprint density at radius 2 is 2.10 bits per heavy atom. The summed E-state index contributed by atoms with van der Waals surface area (Å²) in [4.78, 5) is 17.7. The van der Waals surface area contributed by atoms with Gasteiger partial charge in [0.05, 0.1) is 16.6 Å². The second-order valence-corrected chi connectivity index (χ2v) is 5.72. The lowest BCUT2D eigenvalue weighted by Gasteiger charge is -2.30. The van der Waals surface area contributed by atoms with Crippen molar-refractivity contribution in [1.82, 2.24) is 4.98 Å². The van der Waals surface area contributed by atoms with Crippen molar-refractivity contribution in [2.45, 2.75) is 31.7 Å². The van der Waals surface area contributed by atoms with E-state index in [4.69, 9.17) is 28.9 Å². The van der Waals surface area contributed by atoms with Crippen LogP contribution in [-0.2, 0) is 4.79 Å². The van der Waals surface area contributed by atoms with Gasteiger partial charge in [-0.2, -0.15) is 0 Å². The number of nitrogens with one attached hydrogen (secondary N) is 1. The number of nitrogens with two attached hydrogens (primary N) is 1. The number of anilines is 2. The van der Waals surface area contributed by atoms with Gasteiger partial charge in [0.25, 0.3) is 0 Å². The first-order valence-electron chi connectivity index (χ1n) is 6.61. The zero-order valence-electron chi connectivity index (χ0n) is 11.3. The molecule has 1 aromatic heterocycles. The molecule has 1 aliphatic carbocycles. The molecule has 1 aromatic rings. The van der Waals surface area contributed by atoms with E-state index in [9.17, 15) is 4.79 Å². The van der Waals surface area contributed by atoms with Gasteiger partial charge in [0.15, 0.2) is 5.82 Å². The van der Waals surface area contributed by atoms with Crippen LogP contribution in [0.15, 0.2) is 6.07 Å². The van der Waals surface area contributed by atoms with Crippen LogP contribution in [0.4, 0.5) is 11.6 Å². The largest absolute Gasteiger partial charge is 0.372 e. The number of halogens is 2. The number of nitrogens with zero attached hydrogens (tertiary/aromatic N) is 2. The van der Waals surface area contributed by atoms with E-state index >= 15 is 0 Å². The molecule has 1 heterocycles. The van der Waals surface area contributed by atoms with E-state index in [-0.39, 0.29) is 12.6 Å². The van der Waals surface area contributed by atoms with E-state index in [1.807, 2.05) is 4.90 Å². The fraction of sp³-hybridized carbons (Fsp3) is 0.538. The summed E-state index contributed by atoms with van der Waals surface area (Å²) in [5.74, 6) is 0.709. The smallest absolute Gasteiger partial charge is 0.237 e. The van der Waals surface area contributed by atoms with Gasteiger partial charge in [-0.15, -0.1) is 0 Å². The standard InChI is InChI=1S/C13H18Cl2N4O/c1-17-12-9(14)6-10(15)13(18-12)19(7-11(16)20)8-4-2-3-5-8/h6,8H,2-5,7H2,1H3,(H2,16,20)(H,17,18). The van der Waals surface area contributed by atoms with Crippen molar-refractivity contribution in [2.75, 3.05) is 23.8 Å². The summed E-state index contributed by atoms with van der Waals surface area (Å²) in [5.41, 5.74) is 5.36. The molecule has 0 saturated heterocycles. The monoisotopic (exact) mass is 316 g/mol. The van der Waals surface area contributed by atoms with E-state index < -0.39 is 5.91 Å². The van der Waals surface area contributed by atoms with Gasteiger partial charge in [0.1, 0.15) is 5.82 Å². The molecule has 1 saturated carbocycles. The highest BCUT2D eigenvalue weighted by molar-refractivity contribution is 6.37. The van der Waals surface area contributed by atoms with Crippen LogP contribution in [0, 0.1) is 0 Å². The molecule has 0 spiro atoms. The van der Waals surface area contributed by atoms with E-state index in [2.05, 4.69) is 10.3 Å². The number of pyridine rings is 1. The van der Waals surface area contributed by atoms with E-state index in [1.54, 1.807) is 13.1 Å². The SMILES string of the molecule is CNc1nc(N(CC(N)=O)C2CCCC2)c(Cl)cc1Cl. The highest BCUT2D eigenvalue weighted by Gasteiger charge is 2.27. The molecule has 0 bridgehead atoms. The van der Waals surface area contributed by atoms with Crippen molar-refractivity contribution in [2.24, 2.45) is 5.73 Å². The molecule has 1 fully saturated rings. The van der Waals surface area contributed by atoms with Crippen LogP contribution >= 0.6 is 23.2 Å². The van der Waals surface area contributed by atoms with Gasteiger partial charge in [-0.05, 0) is 18.9 Å². The number of carbonyl (C=O) groups is 1. The number of carbonyl (C=O) groups excluding carboxylic acids is 1. The van der Waals surface area contributed by atoms with Crippen LogP contribution in [0.5, 0.6) is 0 Å². The number of hydrogen-bond donors (Lipinski definition) is 2. The Hall–Kier alpha value is -1.20. The lowest BCUT2D eigenvalue weighted by Crippen LogP contribution is -2.41. The first-order chi connectivity index (χ1) is 9.52. The van der Waals surface area contributed by atoms with Gasteiger partial charge in [-0.3, -0.25) is 4.79 Å². The van der Waals surface area contributed by atoms with Crippen molar-refractivity contribution >= 4 is 40.7 Å². The molecule has 1 aliphatic rings. The Kier molecular flexibility index (Phi) is 4.94. The third kappa shape index (κ3) is 3.27. The number of primary amides is 1. The highest BCUT2D eigenvalue weighted by atomic mass is 35.5. The Balaban J connectivity index is 2.38. The molecule has 0 radical (unpaired) electrons. The summed E-state index contributed by atoms with van der Waals surface area (Å²) in [6.07, 6.45) is 4.32. The number of rotatable bonds is 5. The average molecular weight is 317 g/mol. The molecule has 0 atom stereocenters. The maximum Gasteiger partial charge on any atom is 0.237 e. The maximum absolute atomic E-state index is 11.3. The van der Waals surface area contributed by atoms with Gasteiger partial charge >= 0.3 is 0 Å². The summed E-state index contributed by atoms with van der Waals surface area (Å²) in [7, 11) is 1.74. The summed E-state index contributed by atoms with van der Waals surface area (Å²) >= 11 is 12.3. The van der Waals surface area contributed by atoms with E-state index in [0.717, 1.165) is 25.7 Å². The zero-order chi connectivity index (χ0) is 14.7. The van der Waals surface area contributed by atoms with Crippen molar-refractivity contribution in [3.05, 3.63) is 16.1 Å². The predicted octanol–water partition coefficient (Wildman–Crippen LogP) is 2.66. The summed E-state index contributed by atoms with van der Waals surface area (Å²) in [5, 5.41) is 3.80. The normalized spacial score (nSPS) is 15.3. The van der Waals surface area contributed by atoms with Gasteiger partial charge in [-0.1, -0.05) is 36.0 Å². The lowest BCUT2D eigenvalue weighted by atomic mass is 10.2. The van der Waals surface area contributed by atoms with Crippen molar-refractivity contribution in [3.63, 3.8) is 0 Å². The third-order valence-electron chi connectivity index (χ3n) is 3.51. The quantitative estimate of drug-likeness (QED) is 0.876. The molecule has 7 heteroatoms. The van der Waals surface area contributed by atoms with Crippen molar-refractivity contribution in [1.29, 1.82) is 0 Å². The second-order valence-electron chi connectivity index (χ2n) is 4.91. The topological polar surface area (TPSA) is 71.2 Å². The minimum absolute atomic E-state index is 0.113. The van der Waals surface area contributed by atoms with Crippen LogP contribution in [-0.4, -0.2) is 30.5 Å². The molecule has 2 rings (SSSR count). The van der Waals surface area contributed by atoms with Gasteiger partial charge in [-0.25, -0.2) is 4.98 Å². The van der Waals surface area contributed by atoms with Gasteiger partial charge < -0.3 is 16.0 Å². The maximum atomic E-state index is 11.3. The molecule has 20 heavy (non-hydrogen) atoms. The van der Waals surface area contributed by atoms with E-state index in [1.165, 1.54) is 0 Å². The molecule has 0 aromatic carbocycles. The van der Waals surface area contributed by atoms with Crippen LogP contribution in [0.25, 0.3) is 0 Å². The van der Waals surface area contributed by atoms with E-state index in [0.29, 0.717) is 21.7 Å². The van der Waals surface area contributed by atoms with Crippen LogP contribution in [0.1, 0.15) is 25.7 Å². The van der Waals surface area contributed by atoms with Crippen LogP contribution < -0.4 is 16.0 Å². The summed E-state index contributed by atoms with van der Waals surface area (Å²) < 4.78 is 0. The molecule has 110 valence electrons. The number of hydrogen-bond acceptors (Lipinski definition) is 4. The fourth-order valence-corrected chi connectivity index (χ4v) is 3.16. The second kappa shape index (κ2) is 6.50. The van der Waals surface area contributed by atoms with Gasteiger partial charge in [0.2, 0.25) is 5.91 Å². The summed E-state index contributed by atoms with van der Waals surface area (Å²) in [6.45, 7) is 0.113. The molecule has 5 nitrogen and oxygen atoms in total. The highest BCUT2D eigenvalue weighted by Crippen LogP contribution is 2.35. The number of aromatic nitrogens is 1.